The number of hydrogen-bond donors (Lipinski definition) is 0. The summed E-state index contributed by atoms with van der Waals surface area (Å²) in [6.07, 6.45) is 0. The largest absolute Gasteiger partial charge is 0.422 e. The Kier molecular flexibility index (Phi) is 2.99. The van der Waals surface area contributed by atoms with Gasteiger partial charge in [-0.3, -0.25) is 4.57 Å². The van der Waals surface area contributed by atoms with Crippen LogP contribution in [-0.4, -0.2) is 4.57 Å². The number of nitrogens with zero attached hydrogens (tertiary/aromatic N) is 1. The van der Waals surface area contributed by atoms with Crippen molar-refractivity contribution in [2.45, 2.75) is 13.5 Å². The second kappa shape index (κ2) is 4.81. The fourth-order valence-corrected chi connectivity index (χ4v) is 2.34. The zero-order valence-corrected chi connectivity index (χ0v) is 11.0. The number of benzene rings is 2. The zero-order valence-electron chi connectivity index (χ0n) is 11.0. The average Bonchev–Trinajstić information content (AvgIpc) is 2.44. The highest BCUT2D eigenvalue weighted by Gasteiger charge is 2.11. The van der Waals surface area contributed by atoms with Crippen LogP contribution in [0.1, 0.15) is 11.1 Å². The first-order valence-electron chi connectivity index (χ1n) is 6.34. The van der Waals surface area contributed by atoms with Crippen LogP contribution >= 0.6 is 0 Å². The van der Waals surface area contributed by atoms with E-state index in [0.29, 0.717) is 17.4 Å². The summed E-state index contributed by atoms with van der Waals surface area (Å²) < 4.78 is 6.31. The minimum Gasteiger partial charge on any atom is -0.372 e. The first kappa shape index (κ1) is 12.4. The summed E-state index contributed by atoms with van der Waals surface area (Å²) in [6, 6.07) is 15.0. The Balaban J connectivity index is 2.28. The second-order valence-corrected chi connectivity index (χ2v) is 4.70. The van der Waals surface area contributed by atoms with Gasteiger partial charge in [-0.15, -0.1) is 0 Å². The molecule has 0 atom stereocenters. The smallest absolute Gasteiger partial charge is 0.372 e. The van der Waals surface area contributed by atoms with E-state index in [1.54, 1.807) is 6.07 Å². The molecule has 0 saturated carbocycles. The number of fused-ring (bicyclic) bond motifs is 1. The van der Waals surface area contributed by atoms with Gasteiger partial charge in [0.2, 0.25) is 0 Å². The fourth-order valence-electron chi connectivity index (χ4n) is 2.34. The molecule has 0 aliphatic carbocycles. The zero-order chi connectivity index (χ0) is 14.1. The van der Waals surface area contributed by atoms with Crippen molar-refractivity contribution in [1.82, 2.24) is 4.57 Å². The van der Waals surface area contributed by atoms with Crippen LogP contribution in [0.2, 0.25) is 0 Å². The van der Waals surface area contributed by atoms with Crippen molar-refractivity contribution in [3.05, 3.63) is 80.6 Å². The number of aromatic nitrogens is 1. The minimum atomic E-state index is -0.628. The summed E-state index contributed by atoms with van der Waals surface area (Å²) in [5, 5.41) is 0.461. The molecule has 0 spiro atoms. The molecule has 4 nitrogen and oxygen atoms in total. The van der Waals surface area contributed by atoms with Gasteiger partial charge in [-0.25, -0.2) is 9.59 Å². The molecule has 0 saturated heterocycles. The standard InChI is InChI=1S/C16H13NO3/c1-11-6-5-9-13-14(11)15(18)20-16(19)17(13)10-12-7-3-2-4-8-12/h2-9H,10H2,1H3. The summed E-state index contributed by atoms with van der Waals surface area (Å²) in [7, 11) is 0. The molecule has 2 aromatic carbocycles. The van der Waals surface area contributed by atoms with Crippen molar-refractivity contribution in [1.29, 1.82) is 0 Å². The lowest BCUT2D eigenvalue weighted by atomic mass is 10.1. The highest BCUT2D eigenvalue weighted by molar-refractivity contribution is 5.81. The van der Waals surface area contributed by atoms with Crippen molar-refractivity contribution in [2.75, 3.05) is 0 Å². The van der Waals surface area contributed by atoms with Crippen molar-refractivity contribution in [3.63, 3.8) is 0 Å². The first-order chi connectivity index (χ1) is 9.66. The van der Waals surface area contributed by atoms with E-state index in [1.807, 2.05) is 49.4 Å². The van der Waals surface area contributed by atoms with E-state index < -0.39 is 11.4 Å². The maximum atomic E-state index is 12.0. The van der Waals surface area contributed by atoms with Gasteiger partial charge < -0.3 is 4.42 Å². The first-order valence-corrected chi connectivity index (χ1v) is 6.34. The summed E-state index contributed by atoms with van der Waals surface area (Å²) >= 11 is 0. The molecule has 0 fully saturated rings. The van der Waals surface area contributed by atoms with E-state index in [-0.39, 0.29) is 0 Å². The fraction of sp³-hybridized carbons (Fsp3) is 0.125. The minimum absolute atomic E-state index is 0.378. The van der Waals surface area contributed by atoms with Gasteiger partial charge in [0.1, 0.15) is 0 Å². The SMILES string of the molecule is Cc1cccc2c1c(=O)oc(=O)n2Cc1ccccc1. The molecule has 0 radical (unpaired) electrons. The van der Waals surface area contributed by atoms with Gasteiger partial charge >= 0.3 is 11.4 Å². The molecular weight excluding hydrogens is 254 g/mol. The summed E-state index contributed by atoms with van der Waals surface area (Å²) in [4.78, 5) is 23.8. The van der Waals surface area contributed by atoms with Crippen LogP contribution in [0.4, 0.5) is 0 Å². The molecule has 100 valence electrons. The molecule has 0 aliphatic rings. The molecule has 0 bridgehead atoms. The predicted octanol–water partition coefficient (Wildman–Crippen LogP) is 2.31. The molecule has 3 rings (SSSR count). The molecule has 4 heteroatoms. The Morgan fingerprint density at radius 3 is 2.50 bits per heavy atom. The summed E-state index contributed by atoms with van der Waals surface area (Å²) in [6.45, 7) is 2.21. The van der Waals surface area contributed by atoms with Crippen LogP contribution in [0.5, 0.6) is 0 Å². The van der Waals surface area contributed by atoms with E-state index in [4.69, 9.17) is 4.42 Å². The van der Waals surface area contributed by atoms with E-state index in [0.717, 1.165) is 11.1 Å². The van der Waals surface area contributed by atoms with Crippen LogP contribution in [0.25, 0.3) is 10.9 Å². The van der Waals surface area contributed by atoms with Gasteiger partial charge in [0.25, 0.3) is 0 Å². The Morgan fingerprint density at radius 2 is 1.75 bits per heavy atom. The Labute approximate surface area is 114 Å². The number of hydrogen-bond acceptors (Lipinski definition) is 3. The molecule has 0 unspecified atom stereocenters. The molecule has 3 aromatic rings. The van der Waals surface area contributed by atoms with Crippen molar-refractivity contribution in [2.24, 2.45) is 0 Å². The molecule has 0 aliphatic heterocycles. The average molecular weight is 267 g/mol. The quantitative estimate of drug-likeness (QED) is 0.716. The Bertz CT molecular complexity index is 876. The predicted molar refractivity (Wildman–Crippen MR) is 77.0 cm³/mol. The third kappa shape index (κ3) is 2.05. The second-order valence-electron chi connectivity index (χ2n) is 4.70. The van der Waals surface area contributed by atoms with Crippen molar-refractivity contribution in [3.8, 4) is 0 Å². The highest BCUT2D eigenvalue weighted by Crippen LogP contribution is 2.14. The summed E-state index contributed by atoms with van der Waals surface area (Å²) in [5.41, 5.74) is 1.81. The van der Waals surface area contributed by atoms with Gasteiger partial charge in [0.15, 0.2) is 0 Å². The Hall–Kier alpha value is -2.62. The van der Waals surface area contributed by atoms with E-state index >= 15 is 0 Å². The van der Waals surface area contributed by atoms with E-state index in [2.05, 4.69) is 0 Å². The van der Waals surface area contributed by atoms with Crippen LogP contribution in [0.3, 0.4) is 0 Å². The number of rotatable bonds is 2. The third-order valence-electron chi connectivity index (χ3n) is 3.33. The molecule has 0 amide bonds. The molecule has 1 heterocycles. The van der Waals surface area contributed by atoms with Crippen molar-refractivity contribution < 1.29 is 4.42 Å². The molecular formula is C16H13NO3. The van der Waals surface area contributed by atoms with Crippen LogP contribution in [0.15, 0.2) is 62.5 Å². The Morgan fingerprint density at radius 1 is 1.00 bits per heavy atom. The topological polar surface area (TPSA) is 52.2 Å². The van der Waals surface area contributed by atoms with Gasteiger partial charge in [-0.2, -0.15) is 0 Å². The molecule has 0 N–H and O–H groups in total. The molecule has 1 aromatic heterocycles. The van der Waals surface area contributed by atoms with Gasteiger partial charge in [0.05, 0.1) is 17.4 Å². The van der Waals surface area contributed by atoms with Gasteiger partial charge in [0, 0.05) is 0 Å². The maximum absolute atomic E-state index is 12.0. The van der Waals surface area contributed by atoms with Crippen LogP contribution in [0, 0.1) is 6.92 Å². The lowest BCUT2D eigenvalue weighted by Crippen LogP contribution is -2.25. The van der Waals surface area contributed by atoms with Crippen molar-refractivity contribution >= 4 is 10.9 Å². The van der Waals surface area contributed by atoms with Crippen LogP contribution in [-0.2, 0) is 6.54 Å². The third-order valence-corrected chi connectivity index (χ3v) is 3.33. The maximum Gasteiger partial charge on any atom is 0.422 e. The van der Waals surface area contributed by atoms with Crippen LogP contribution < -0.4 is 11.4 Å². The van der Waals surface area contributed by atoms with Gasteiger partial charge in [-0.1, -0.05) is 42.5 Å². The van der Waals surface area contributed by atoms with E-state index in [1.165, 1.54) is 4.57 Å². The van der Waals surface area contributed by atoms with E-state index in [9.17, 15) is 9.59 Å². The monoisotopic (exact) mass is 267 g/mol. The normalized spacial score (nSPS) is 10.8. The molecule has 20 heavy (non-hydrogen) atoms. The lowest BCUT2D eigenvalue weighted by Gasteiger charge is -2.09. The summed E-state index contributed by atoms with van der Waals surface area (Å²) in [5.74, 6) is -0.628. The van der Waals surface area contributed by atoms with Gasteiger partial charge in [-0.05, 0) is 24.1 Å². The lowest BCUT2D eigenvalue weighted by molar-refractivity contribution is 0.424. The highest BCUT2D eigenvalue weighted by atomic mass is 16.4. The number of aryl methyl sites for hydroxylation is 1.